The zero-order valence-corrected chi connectivity index (χ0v) is 16.7. The van der Waals surface area contributed by atoms with Crippen molar-refractivity contribution in [3.8, 4) is 0 Å². The number of sulfonamides is 1. The van der Waals surface area contributed by atoms with Crippen LogP contribution in [0.25, 0.3) is 0 Å². The molecule has 0 atom stereocenters. The molecule has 27 heavy (non-hydrogen) atoms. The van der Waals surface area contributed by atoms with E-state index in [4.69, 9.17) is 9.94 Å². The number of hydroxylamine groups is 1. The average Bonchev–Trinajstić information content (AvgIpc) is 2.69. The first-order chi connectivity index (χ1) is 12.5. The lowest BCUT2D eigenvalue weighted by Gasteiger charge is -2.41. The van der Waals surface area contributed by atoms with Crippen molar-refractivity contribution >= 4 is 28.3 Å². The van der Waals surface area contributed by atoms with E-state index in [1.165, 1.54) is 9.87 Å². The zero-order chi connectivity index (χ0) is 18.6. The molecular formula is C17H26ClN3O5S. The third kappa shape index (κ3) is 4.44. The Morgan fingerprint density at radius 3 is 2.26 bits per heavy atom. The summed E-state index contributed by atoms with van der Waals surface area (Å²) in [6.45, 7) is 2.99. The van der Waals surface area contributed by atoms with E-state index < -0.39 is 20.7 Å². The fourth-order valence-corrected chi connectivity index (χ4v) is 5.72. The van der Waals surface area contributed by atoms with Crippen LogP contribution in [0.3, 0.4) is 0 Å². The number of amides is 1. The Kier molecular flexibility index (Phi) is 7.61. The minimum Gasteiger partial charge on any atom is -0.381 e. The molecule has 0 unspecified atom stereocenters. The number of carbonyl (C=O) groups is 1. The highest BCUT2D eigenvalue weighted by Gasteiger charge is 2.54. The van der Waals surface area contributed by atoms with E-state index in [0.717, 1.165) is 6.54 Å². The molecule has 2 aliphatic heterocycles. The molecule has 1 aromatic rings. The van der Waals surface area contributed by atoms with Crippen LogP contribution in [0.5, 0.6) is 0 Å². The number of hydrogen-bond acceptors (Lipinski definition) is 6. The largest absolute Gasteiger partial charge is 0.381 e. The minimum absolute atomic E-state index is 0. The van der Waals surface area contributed by atoms with Gasteiger partial charge in [-0.25, -0.2) is 13.9 Å². The number of hydrogen-bond donors (Lipinski definition) is 2. The van der Waals surface area contributed by atoms with Crippen LogP contribution in [0.2, 0.25) is 0 Å². The summed E-state index contributed by atoms with van der Waals surface area (Å²) < 4.78 is 31.4. The maximum atomic E-state index is 13.2. The lowest BCUT2D eigenvalue weighted by atomic mass is 9.98. The summed E-state index contributed by atoms with van der Waals surface area (Å²) >= 11 is 0. The number of benzene rings is 1. The number of nitrogens with zero attached hydrogens (tertiary/aromatic N) is 2. The first kappa shape index (κ1) is 22.1. The maximum Gasteiger partial charge on any atom is 0.266 e. The van der Waals surface area contributed by atoms with Gasteiger partial charge in [0.25, 0.3) is 5.91 Å². The Balaban J connectivity index is 0.00000261. The molecule has 3 rings (SSSR count). The van der Waals surface area contributed by atoms with Gasteiger partial charge in [-0.15, -0.1) is 12.4 Å². The van der Waals surface area contributed by atoms with E-state index in [9.17, 15) is 13.2 Å². The molecule has 2 fully saturated rings. The van der Waals surface area contributed by atoms with E-state index in [2.05, 4.69) is 4.90 Å². The van der Waals surface area contributed by atoms with E-state index in [0.29, 0.717) is 26.2 Å². The van der Waals surface area contributed by atoms with Gasteiger partial charge in [-0.05, 0) is 5.56 Å². The van der Waals surface area contributed by atoms with Crippen molar-refractivity contribution in [1.29, 1.82) is 0 Å². The Morgan fingerprint density at radius 1 is 1.11 bits per heavy atom. The van der Waals surface area contributed by atoms with Gasteiger partial charge in [0, 0.05) is 58.8 Å². The molecule has 0 aromatic heterocycles. The number of halogens is 1. The molecule has 1 aromatic carbocycles. The Hall–Kier alpha value is -1.23. The van der Waals surface area contributed by atoms with Gasteiger partial charge in [-0.2, -0.15) is 4.31 Å². The fraction of sp³-hybridized carbons (Fsp3) is 0.588. The molecule has 0 aliphatic carbocycles. The topological polar surface area (TPSA) is 99.2 Å². The number of piperazine rings is 1. The van der Waals surface area contributed by atoms with Crippen molar-refractivity contribution < 1.29 is 23.2 Å². The summed E-state index contributed by atoms with van der Waals surface area (Å²) in [6, 6.07) is 10.0. The van der Waals surface area contributed by atoms with Crippen LogP contribution in [0, 0.1) is 0 Å². The van der Waals surface area contributed by atoms with Crippen LogP contribution < -0.4 is 5.48 Å². The third-order valence-corrected chi connectivity index (χ3v) is 7.86. The maximum absolute atomic E-state index is 13.2. The summed E-state index contributed by atoms with van der Waals surface area (Å²) in [5, 5.41) is 9.09. The summed E-state index contributed by atoms with van der Waals surface area (Å²) in [5.74, 6) is -0.868. The van der Waals surface area contributed by atoms with E-state index in [-0.39, 0.29) is 38.5 Å². The molecule has 1 amide bonds. The van der Waals surface area contributed by atoms with Crippen molar-refractivity contribution in [3.63, 3.8) is 0 Å². The molecule has 2 N–H and O–H groups in total. The molecule has 2 saturated heterocycles. The number of carbonyl (C=O) groups excluding carboxylic acids is 1. The second-order valence-electron chi connectivity index (χ2n) is 6.71. The SMILES string of the molecule is Cl.O=C(NO)C1(S(=O)(=O)N2CCN(Cc3ccccc3)CC2)CCOCC1. The van der Waals surface area contributed by atoms with E-state index >= 15 is 0 Å². The molecule has 0 spiro atoms. The van der Waals surface area contributed by atoms with E-state index in [1.54, 1.807) is 5.48 Å². The van der Waals surface area contributed by atoms with Crippen molar-refractivity contribution in [2.24, 2.45) is 0 Å². The molecule has 0 saturated carbocycles. The molecule has 0 radical (unpaired) electrons. The van der Waals surface area contributed by atoms with Crippen molar-refractivity contribution in [1.82, 2.24) is 14.7 Å². The van der Waals surface area contributed by atoms with Crippen molar-refractivity contribution in [2.75, 3.05) is 39.4 Å². The zero-order valence-electron chi connectivity index (χ0n) is 15.0. The van der Waals surface area contributed by atoms with E-state index in [1.807, 2.05) is 30.3 Å². The van der Waals surface area contributed by atoms with Crippen LogP contribution in [0.1, 0.15) is 18.4 Å². The summed E-state index contributed by atoms with van der Waals surface area (Å²) in [6.07, 6.45) is 0.0952. The van der Waals surface area contributed by atoms with Gasteiger partial charge in [0.1, 0.15) is 0 Å². The van der Waals surface area contributed by atoms with Gasteiger partial charge in [0.05, 0.1) is 0 Å². The molecule has 2 aliphatic rings. The predicted octanol–water partition coefficient (Wildman–Crippen LogP) is 0.610. The highest BCUT2D eigenvalue weighted by atomic mass is 35.5. The monoisotopic (exact) mass is 419 g/mol. The van der Waals surface area contributed by atoms with Crippen molar-refractivity contribution in [2.45, 2.75) is 24.1 Å². The number of rotatable bonds is 5. The minimum atomic E-state index is -3.90. The number of ether oxygens (including phenoxy) is 1. The molecule has 0 bridgehead atoms. The Labute approximate surface area is 165 Å². The van der Waals surface area contributed by atoms with Crippen LogP contribution in [0.4, 0.5) is 0 Å². The van der Waals surface area contributed by atoms with Crippen LogP contribution in [0.15, 0.2) is 30.3 Å². The highest BCUT2D eigenvalue weighted by Crippen LogP contribution is 2.33. The predicted molar refractivity (Wildman–Crippen MR) is 102 cm³/mol. The molecule has 8 nitrogen and oxygen atoms in total. The third-order valence-electron chi connectivity index (χ3n) is 5.23. The van der Waals surface area contributed by atoms with Crippen LogP contribution >= 0.6 is 12.4 Å². The lowest BCUT2D eigenvalue weighted by molar-refractivity contribution is -0.134. The average molecular weight is 420 g/mol. The summed E-state index contributed by atoms with van der Waals surface area (Å²) in [7, 11) is -3.90. The Bertz CT molecular complexity index is 717. The lowest BCUT2D eigenvalue weighted by Crippen LogP contribution is -2.62. The number of nitrogens with one attached hydrogen (secondary N) is 1. The van der Waals surface area contributed by atoms with Gasteiger partial charge in [-0.3, -0.25) is 14.9 Å². The van der Waals surface area contributed by atoms with Gasteiger partial charge >= 0.3 is 0 Å². The van der Waals surface area contributed by atoms with Crippen LogP contribution in [-0.2, 0) is 26.1 Å². The second-order valence-corrected chi connectivity index (χ2v) is 8.96. The summed E-state index contributed by atoms with van der Waals surface area (Å²) in [4.78, 5) is 14.4. The first-order valence-corrected chi connectivity index (χ1v) is 10.2. The smallest absolute Gasteiger partial charge is 0.266 e. The molecule has 152 valence electrons. The highest BCUT2D eigenvalue weighted by molar-refractivity contribution is 7.91. The van der Waals surface area contributed by atoms with Gasteiger partial charge < -0.3 is 4.74 Å². The van der Waals surface area contributed by atoms with Gasteiger partial charge in [-0.1, -0.05) is 30.3 Å². The fourth-order valence-electron chi connectivity index (χ4n) is 3.62. The summed E-state index contributed by atoms with van der Waals surface area (Å²) in [5.41, 5.74) is 2.74. The van der Waals surface area contributed by atoms with Gasteiger partial charge in [0.15, 0.2) is 4.75 Å². The molecule has 10 heteroatoms. The van der Waals surface area contributed by atoms with Crippen LogP contribution in [-0.4, -0.2) is 72.9 Å². The second kappa shape index (κ2) is 9.31. The Morgan fingerprint density at radius 2 is 1.70 bits per heavy atom. The molecule has 2 heterocycles. The quantitative estimate of drug-likeness (QED) is 0.536. The molecular weight excluding hydrogens is 394 g/mol. The van der Waals surface area contributed by atoms with Gasteiger partial charge in [0.2, 0.25) is 10.0 Å². The standard InChI is InChI=1S/C17H25N3O5S.ClH/c21-16(18-22)17(6-12-25-13-7-17)26(23,24)20-10-8-19(9-11-20)14-15-4-2-1-3-5-15;/h1-5,22H,6-14H2,(H,18,21);1H. The normalized spacial score (nSPS) is 21.2. The van der Waals surface area contributed by atoms with Crippen molar-refractivity contribution in [3.05, 3.63) is 35.9 Å². The first-order valence-electron chi connectivity index (χ1n) is 8.78.